The molecule has 0 saturated carbocycles. The molecule has 178 valence electrons. The lowest BCUT2D eigenvalue weighted by Gasteiger charge is -2.33. The number of likely N-dealkylation sites (tertiary alicyclic amines) is 2. The molecule has 1 amide bonds. The van der Waals surface area contributed by atoms with E-state index in [0.717, 1.165) is 82.6 Å². The summed E-state index contributed by atoms with van der Waals surface area (Å²) in [5.41, 5.74) is 2.13. The average Bonchev–Trinajstić information content (AvgIpc) is 2.88. The highest BCUT2D eigenvalue weighted by molar-refractivity contribution is 5.94. The third-order valence-corrected chi connectivity index (χ3v) is 6.72. The van der Waals surface area contributed by atoms with Crippen LogP contribution in [0.1, 0.15) is 54.9 Å². The summed E-state index contributed by atoms with van der Waals surface area (Å²) < 4.78 is 12.1. The summed E-state index contributed by atoms with van der Waals surface area (Å²) in [6.07, 6.45) is 6.67. The van der Waals surface area contributed by atoms with Gasteiger partial charge in [0, 0.05) is 44.9 Å². The van der Waals surface area contributed by atoms with Crippen LogP contribution in [-0.2, 0) is 11.2 Å². The van der Waals surface area contributed by atoms with Crippen LogP contribution < -0.4 is 4.74 Å². The van der Waals surface area contributed by atoms with Crippen LogP contribution >= 0.6 is 0 Å². The second kappa shape index (κ2) is 12.2. The molecule has 2 aromatic carbocycles. The van der Waals surface area contributed by atoms with E-state index in [1.807, 2.05) is 29.2 Å². The van der Waals surface area contributed by atoms with E-state index in [1.165, 1.54) is 5.56 Å². The maximum atomic E-state index is 12.9. The molecule has 0 unspecified atom stereocenters. The molecule has 5 nitrogen and oxygen atoms in total. The topological polar surface area (TPSA) is 42.0 Å². The van der Waals surface area contributed by atoms with Gasteiger partial charge in [-0.2, -0.15) is 0 Å². The van der Waals surface area contributed by atoms with Gasteiger partial charge in [-0.15, -0.1) is 0 Å². The number of hydrogen-bond donors (Lipinski definition) is 0. The summed E-state index contributed by atoms with van der Waals surface area (Å²) in [7, 11) is 0. The molecule has 0 bridgehead atoms. The Morgan fingerprint density at radius 2 is 1.70 bits per heavy atom. The van der Waals surface area contributed by atoms with Crippen molar-refractivity contribution in [1.29, 1.82) is 0 Å². The van der Waals surface area contributed by atoms with Gasteiger partial charge in [0.15, 0.2) is 0 Å². The van der Waals surface area contributed by atoms with Gasteiger partial charge in [-0.1, -0.05) is 37.3 Å². The summed E-state index contributed by atoms with van der Waals surface area (Å²) in [5, 5.41) is 0. The van der Waals surface area contributed by atoms with E-state index >= 15 is 0 Å². The molecular weight excluding hydrogens is 412 g/mol. The van der Waals surface area contributed by atoms with Crippen molar-refractivity contribution in [2.24, 2.45) is 0 Å². The molecule has 2 aliphatic rings. The number of carbonyl (C=O) groups is 1. The highest BCUT2D eigenvalue weighted by Crippen LogP contribution is 2.22. The van der Waals surface area contributed by atoms with E-state index < -0.39 is 0 Å². The highest BCUT2D eigenvalue weighted by Gasteiger charge is 2.25. The van der Waals surface area contributed by atoms with Crippen LogP contribution in [0.4, 0.5) is 0 Å². The molecule has 4 rings (SSSR count). The zero-order chi connectivity index (χ0) is 22.9. The predicted octanol–water partition coefficient (Wildman–Crippen LogP) is 4.80. The first-order valence-electron chi connectivity index (χ1n) is 12.6. The molecule has 5 heteroatoms. The van der Waals surface area contributed by atoms with Gasteiger partial charge >= 0.3 is 0 Å². The van der Waals surface area contributed by atoms with E-state index in [0.29, 0.717) is 6.54 Å². The standard InChI is InChI=1S/C28H38N2O3/c1-2-21-32-27-9-6-17-30(22-27)28(31)24-10-12-25(13-11-24)33-26-15-19-29(20-16-26)18-14-23-7-4-3-5-8-23/h3-5,7-8,10-13,26-27H,2,6,9,14-22H2,1H3/t27-/m1/s1. The zero-order valence-electron chi connectivity index (χ0n) is 20.0. The Kier molecular flexibility index (Phi) is 8.79. The Balaban J connectivity index is 1.21. The van der Waals surface area contributed by atoms with Gasteiger partial charge in [0.1, 0.15) is 11.9 Å². The lowest BCUT2D eigenvalue weighted by Crippen LogP contribution is -2.43. The third-order valence-electron chi connectivity index (χ3n) is 6.72. The van der Waals surface area contributed by atoms with Crippen molar-refractivity contribution in [2.45, 2.75) is 57.7 Å². The van der Waals surface area contributed by atoms with Gasteiger partial charge < -0.3 is 19.3 Å². The number of piperidine rings is 2. The first kappa shape index (κ1) is 23.8. The average molecular weight is 451 g/mol. The number of ether oxygens (including phenoxy) is 2. The maximum absolute atomic E-state index is 12.9. The van der Waals surface area contributed by atoms with Crippen molar-refractivity contribution in [3.05, 3.63) is 65.7 Å². The molecule has 0 radical (unpaired) electrons. The lowest BCUT2D eigenvalue weighted by molar-refractivity contribution is 0.00211. The van der Waals surface area contributed by atoms with E-state index in [2.05, 4.69) is 42.2 Å². The van der Waals surface area contributed by atoms with Crippen LogP contribution in [0.2, 0.25) is 0 Å². The van der Waals surface area contributed by atoms with Crippen molar-refractivity contribution in [1.82, 2.24) is 9.80 Å². The van der Waals surface area contributed by atoms with E-state index in [1.54, 1.807) is 0 Å². The fraction of sp³-hybridized carbons (Fsp3) is 0.536. The van der Waals surface area contributed by atoms with Crippen LogP contribution in [0.3, 0.4) is 0 Å². The maximum Gasteiger partial charge on any atom is 0.253 e. The number of benzene rings is 2. The van der Waals surface area contributed by atoms with Crippen LogP contribution in [0.5, 0.6) is 5.75 Å². The van der Waals surface area contributed by atoms with Crippen LogP contribution in [-0.4, -0.2) is 67.2 Å². The molecule has 2 heterocycles. The quantitative estimate of drug-likeness (QED) is 0.550. The molecule has 0 aromatic heterocycles. The summed E-state index contributed by atoms with van der Waals surface area (Å²) >= 11 is 0. The molecule has 2 aromatic rings. The second-order valence-corrected chi connectivity index (χ2v) is 9.31. The minimum absolute atomic E-state index is 0.0954. The van der Waals surface area contributed by atoms with Crippen LogP contribution in [0, 0.1) is 0 Å². The van der Waals surface area contributed by atoms with Gasteiger partial charge in [-0.3, -0.25) is 4.79 Å². The Morgan fingerprint density at radius 1 is 0.939 bits per heavy atom. The lowest BCUT2D eigenvalue weighted by atomic mass is 10.1. The molecule has 0 spiro atoms. The van der Waals surface area contributed by atoms with Gasteiger partial charge in [0.05, 0.1) is 6.10 Å². The van der Waals surface area contributed by atoms with Gasteiger partial charge in [0.25, 0.3) is 5.91 Å². The van der Waals surface area contributed by atoms with Crippen LogP contribution in [0.15, 0.2) is 54.6 Å². The minimum atomic E-state index is 0.0954. The molecule has 1 atom stereocenters. The Labute approximate surface area is 198 Å². The number of rotatable bonds is 9. The molecule has 0 N–H and O–H groups in total. The monoisotopic (exact) mass is 450 g/mol. The van der Waals surface area contributed by atoms with Crippen LogP contribution in [0.25, 0.3) is 0 Å². The fourth-order valence-electron chi connectivity index (χ4n) is 4.78. The first-order chi connectivity index (χ1) is 16.2. The number of amides is 1. The summed E-state index contributed by atoms with van der Waals surface area (Å²) in [6, 6.07) is 18.4. The van der Waals surface area contributed by atoms with E-state index in [9.17, 15) is 4.79 Å². The van der Waals surface area contributed by atoms with E-state index in [-0.39, 0.29) is 18.1 Å². The molecule has 2 aliphatic heterocycles. The Morgan fingerprint density at radius 3 is 2.42 bits per heavy atom. The van der Waals surface area contributed by atoms with Crippen molar-refractivity contribution in [2.75, 3.05) is 39.3 Å². The summed E-state index contributed by atoms with van der Waals surface area (Å²) in [4.78, 5) is 17.4. The van der Waals surface area contributed by atoms with Gasteiger partial charge in [-0.25, -0.2) is 0 Å². The fourth-order valence-corrected chi connectivity index (χ4v) is 4.78. The van der Waals surface area contributed by atoms with Crippen molar-refractivity contribution >= 4 is 5.91 Å². The largest absolute Gasteiger partial charge is 0.490 e. The summed E-state index contributed by atoms with van der Waals surface area (Å²) in [6.45, 7) is 7.64. The molecular formula is C28H38N2O3. The number of carbonyl (C=O) groups excluding carboxylic acids is 1. The highest BCUT2D eigenvalue weighted by atomic mass is 16.5. The molecule has 33 heavy (non-hydrogen) atoms. The SMILES string of the molecule is CCCO[C@@H]1CCCN(C(=O)c2ccc(OC3CCN(CCc4ccccc4)CC3)cc2)C1. The zero-order valence-corrected chi connectivity index (χ0v) is 20.0. The predicted molar refractivity (Wildman–Crippen MR) is 132 cm³/mol. The molecule has 2 saturated heterocycles. The third kappa shape index (κ3) is 7.05. The summed E-state index contributed by atoms with van der Waals surface area (Å²) in [5.74, 6) is 0.954. The smallest absolute Gasteiger partial charge is 0.253 e. The Bertz CT molecular complexity index is 847. The van der Waals surface area contributed by atoms with Gasteiger partial charge in [0.2, 0.25) is 0 Å². The second-order valence-electron chi connectivity index (χ2n) is 9.31. The number of nitrogens with zero attached hydrogens (tertiary/aromatic N) is 2. The molecule has 0 aliphatic carbocycles. The van der Waals surface area contributed by atoms with Gasteiger partial charge in [-0.05, 0) is 68.4 Å². The van der Waals surface area contributed by atoms with Crippen molar-refractivity contribution in [3.63, 3.8) is 0 Å². The normalized spacial score (nSPS) is 20.0. The first-order valence-corrected chi connectivity index (χ1v) is 12.6. The molecule has 2 fully saturated rings. The number of hydrogen-bond acceptors (Lipinski definition) is 4. The Hall–Kier alpha value is -2.37. The van der Waals surface area contributed by atoms with Crippen molar-refractivity contribution in [3.8, 4) is 5.75 Å². The van der Waals surface area contributed by atoms with E-state index in [4.69, 9.17) is 9.47 Å². The minimum Gasteiger partial charge on any atom is -0.490 e. The van der Waals surface area contributed by atoms with Crippen molar-refractivity contribution < 1.29 is 14.3 Å².